The lowest BCUT2D eigenvalue weighted by Gasteiger charge is -2.26. The van der Waals surface area contributed by atoms with Crippen LogP contribution in [0, 0.1) is 0 Å². The molecule has 0 radical (unpaired) electrons. The molecular weight excluding hydrogens is 347 g/mol. The molecule has 2 N–H and O–H groups in total. The van der Waals surface area contributed by atoms with Crippen molar-refractivity contribution in [3.05, 3.63) is 76.0 Å². The van der Waals surface area contributed by atoms with Crippen LogP contribution >= 0.6 is 23.2 Å². The number of anilines is 1. The second kappa shape index (κ2) is 5.89. The lowest BCUT2D eigenvalue weighted by atomic mass is 10.1. The minimum atomic E-state index is -0.438. The van der Waals surface area contributed by atoms with Crippen LogP contribution in [0.1, 0.15) is 22.3 Å². The summed E-state index contributed by atoms with van der Waals surface area (Å²) >= 11 is 12.1. The van der Waals surface area contributed by atoms with Crippen molar-refractivity contribution in [1.29, 1.82) is 0 Å². The van der Waals surface area contributed by atoms with E-state index in [0.29, 0.717) is 27.1 Å². The van der Waals surface area contributed by atoms with Gasteiger partial charge in [0.2, 0.25) is 0 Å². The molecule has 0 bridgehead atoms. The van der Waals surface area contributed by atoms with Gasteiger partial charge < -0.3 is 15.1 Å². The average molecular weight is 359 g/mol. The number of fused-ring (bicyclic) bond motifs is 1. The predicted octanol–water partition coefficient (Wildman–Crippen LogP) is 5.11. The second-order valence-electron chi connectivity index (χ2n) is 5.42. The number of benzene rings is 2. The van der Waals surface area contributed by atoms with Crippen LogP contribution in [-0.4, -0.2) is 5.91 Å². The number of hydrogen-bond acceptors (Lipinski definition) is 3. The van der Waals surface area contributed by atoms with E-state index < -0.39 is 6.17 Å². The molecule has 3 aromatic rings. The van der Waals surface area contributed by atoms with Crippen LogP contribution in [-0.2, 0) is 0 Å². The van der Waals surface area contributed by atoms with E-state index >= 15 is 0 Å². The molecule has 4 nitrogen and oxygen atoms in total. The summed E-state index contributed by atoms with van der Waals surface area (Å²) in [5.41, 5.74) is 2.13. The third-order valence-corrected chi connectivity index (χ3v) is 4.40. The first kappa shape index (κ1) is 15.1. The molecule has 1 aliphatic heterocycles. The largest absolute Gasteiger partial charge is 0.457 e. The summed E-state index contributed by atoms with van der Waals surface area (Å²) in [4.78, 5) is 12.2. The fourth-order valence-corrected chi connectivity index (χ4v) is 3.19. The molecular formula is C18H12Cl2N2O2. The minimum absolute atomic E-state index is 0.142. The Kier molecular flexibility index (Phi) is 3.71. The van der Waals surface area contributed by atoms with Crippen LogP contribution in [0.15, 0.2) is 59.0 Å². The Labute approximate surface area is 148 Å². The van der Waals surface area contributed by atoms with Gasteiger partial charge in [-0.25, -0.2) is 0 Å². The van der Waals surface area contributed by atoms with Crippen molar-refractivity contribution >= 4 is 34.8 Å². The van der Waals surface area contributed by atoms with Gasteiger partial charge in [0.15, 0.2) is 6.17 Å². The Hall–Kier alpha value is -2.43. The molecule has 1 aliphatic rings. The lowest BCUT2D eigenvalue weighted by molar-refractivity contribution is 0.0931. The van der Waals surface area contributed by atoms with E-state index in [0.717, 1.165) is 11.3 Å². The van der Waals surface area contributed by atoms with Gasteiger partial charge in [0.1, 0.15) is 11.5 Å². The monoisotopic (exact) mass is 358 g/mol. The maximum Gasteiger partial charge on any atom is 0.255 e. The Morgan fingerprint density at radius 3 is 2.58 bits per heavy atom. The number of carbonyl (C=O) groups excluding carboxylic acids is 1. The summed E-state index contributed by atoms with van der Waals surface area (Å²) in [6.07, 6.45) is -0.438. The maximum atomic E-state index is 12.2. The number of carbonyl (C=O) groups is 1. The highest BCUT2D eigenvalue weighted by molar-refractivity contribution is 6.36. The normalized spacial score (nSPS) is 16.2. The van der Waals surface area contributed by atoms with Gasteiger partial charge in [0.25, 0.3) is 5.91 Å². The van der Waals surface area contributed by atoms with Gasteiger partial charge in [-0.05, 0) is 42.5 Å². The van der Waals surface area contributed by atoms with E-state index in [1.165, 1.54) is 0 Å². The summed E-state index contributed by atoms with van der Waals surface area (Å²) < 4.78 is 5.89. The van der Waals surface area contributed by atoms with Gasteiger partial charge in [0, 0.05) is 16.3 Å². The number of amides is 1. The van der Waals surface area contributed by atoms with Crippen molar-refractivity contribution < 1.29 is 9.21 Å². The third kappa shape index (κ3) is 2.64. The van der Waals surface area contributed by atoms with E-state index in [9.17, 15) is 4.79 Å². The predicted molar refractivity (Wildman–Crippen MR) is 94.4 cm³/mol. The molecule has 4 rings (SSSR count). The molecule has 0 fully saturated rings. The number of nitrogens with one attached hydrogen (secondary N) is 2. The fraction of sp³-hybridized carbons (Fsp3) is 0.0556. The summed E-state index contributed by atoms with van der Waals surface area (Å²) in [6.45, 7) is 0. The lowest BCUT2D eigenvalue weighted by Crippen LogP contribution is -2.38. The highest BCUT2D eigenvalue weighted by Gasteiger charge is 2.26. The van der Waals surface area contributed by atoms with Crippen LogP contribution in [0.5, 0.6) is 0 Å². The molecule has 0 saturated heterocycles. The fourth-order valence-electron chi connectivity index (χ4n) is 2.69. The zero-order valence-corrected chi connectivity index (χ0v) is 13.9. The van der Waals surface area contributed by atoms with Gasteiger partial charge in [-0.3, -0.25) is 4.79 Å². The first-order chi connectivity index (χ1) is 11.6. The summed E-state index contributed by atoms with van der Waals surface area (Å²) in [5.74, 6) is 1.07. The van der Waals surface area contributed by atoms with Crippen molar-refractivity contribution in [3.63, 3.8) is 0 Å². The molecule has 0 aliphatic carbocycles. The van der Waals surface area contributed by atoms with Crippen molar-refractivity contribution in [2.24, 2.45) is 0 Å². The smallest absolute Gasteiger partial charge is 0.255 e. The van der Waals surface area contributed by atoms with Crippen molar-refractivity contribution in [2.45, 2.75) is 6.17 Å². The first-order valence-electron chi connectivity index (χ1n) is 7.33. The molecule has 1 unspecified atom stereocenters. The molecule has 6 heteroatoms. The van der Waals surface area contributed by atoms with Gasteiger partial charge in [-0.2, -0.15) is 0 Å². The highest BCUT2D eigenvalue weighted by atomic mass is 35.5. The zero-order chi connectivity index (χ0) is 16.7. The third-order valence-electron chi connectivity index (χ3n) is 3.85. The van der Waals surface area contributed by atoms with Crippen LogP contribution in [0.4, 0.5) is 5.69 Å². The summed E-state index contributed by atoms with van der Waals surface area (Å²) in [6, 6.07) is 16.2. The van der Waals surface area contributed by atoms with Gasteiger partial charge in [0.05, 0.1) is 10.6 Å². The van der Waals surface area contributed by atoms with Gasteiger partial charge >= 0.3 is 0 Å². The topological polar surface area (TPSA) is 54.3 Å². The van der Waals surface area contributed by atoms with Crippen LogP contribution in [0.3, 0.4) is 0 Å². The first-order valence-corrected chi connectivity index (χ1v) is 8.09. The van der Waals surface area contributed by atoms with Gasteiger partial charge in [-0.15, -0.1) is 0 Å². The summed E-state index contributed by atoms with van der Waals surface area (Å²) in [5, 5.41) is 7.20. The molecule has 1 atom stereocenters. The van der Waals surface area contributed by atoms with Gasteiger partial charge in [-0.1, -0.05) is 35.3 Å². The number of halogens is 2. The van der Waals surface area contributed by atoms with E-state index in [-0.39, 0.29) is 5.91 Å². The molecule has 1 amide bonds. The van der Waals surface area contributed by atoms with Crippen LogP contribution in [0.25, 0.3) is 11.3 Å². The van der Waals surface area contributed by atoms with Crippen LogP contribution in [0.2, 0.25) is 10.0 Å². The number of hydrogen-bond donors (Lipinski definition) is 2. The van der Waals surface area contributed by atoms with Crippen LogP contribution < -0.4 is 10.6 Å². The van der Waals surface area contributed by atoms with E-state index in [1.54, 1.807) is 24.3 Å². The molecule has 0 saturated carbocycles. The maximum absolute atomic E-state index is 12.2. The standard InChI is InChI=1S/C18H12Cl2N2O2/c19-10-5-6-11(13(20)9-10)15-7-8-16(24-15)17-21-14-4-2-1-3-12(14)18(23)22-17/h1-9,17,21H,(H,22,23). The molecule has 1 aromatic heterocycles. The minimum Gasteiger partial charge on any atom is -0.457 e. The Morgan fingerprint density at radius 2 is 1.75 bits per heavy atom. The number of rotatable bonds is 2. The second-order valence-corrected chi connectivity index (χ2v) is 6.27. The molecule has 24 heavy (non-hydrogen) atoms. The number of furan rings is 1. The highest BCUT2D eigenvalue weighted by Crippen LogP contribution is 2.34. The van der Waals surface area contributed by atoms with Crippen molar-refractivity contribution in [1.82, 2.24) is 5.32 Å². The van der Waals surface area contributed by atoms with Crippen molar-refractivity contribution in [2.75, 3.05) is 5.32 Å². The molecule has 2 aromatic carbocycles. The van der Waals surface area contributed by atoms with E-state index in [4.69, 9.17) is 27.6 Å². The van der Waals surface area contributed by atoms with E-state index in [2.05, 4.69) is 10.6 Å². The SMILES string of the molecule is O=C1NC(c2ccc(-c3ccc(Cl)cc3Cl)o2)Nc2ccccc21. The average Bonchev–Trinajstić information content (AvgIpc) is 3.04. The Bertz CT molecular complexity index is 936. The van der Waals surface area contributed by atoms with E-state index in [1.807, 2.05) is 30.3 Å². The number of para-hydroxylation sites is 1. The van der Waals surface area contributed by atoms with Crippen molar-refractivity contribution in [3.8, 4) is 11.3 Å². The Morgan fingerprint density at radius 1 is 0.917 bits per heavy atom. The Balaban J connectivity index is 1.65. The zero-order valence-electron chi connectivity index (χ0n) is 12.3. The molecule has 120 valence electrons. The molecule has 2 heterocycles. The molecule has 0 spiro atoms. The quantitative estimate of drug-likeness (QED) is 0.669. The summed E-state index contributed by atoms with van der Waals surface area (Å²) in [7, 11) is 0.